The van der Waals surface area contributed by atoms with E-state index < -0.39 is 12.2 Å². The molecule has 1 aliphatic rings. The van der Waals surface area contributed by atoms with Crippen LogP contribution in [0.4, 0.5) is 9.93 Å². The van der Waals surface area contributed by atoms with Crippen molar-refractivity contribution < 1.29 is 9.59 Å². The number of piperazine rings is 1. The fourth-order valence-electron chi connectivity index (χ4n) is 3.32. The first-order valence-electron chi connectivity index (χ1n) is 10.9. The third-order valence-corrected chi connectivity index (χ3v) is 6.17. The molecule has 3 amide bonds. The molecule has 1 fully saturated rings. The molecule has 3 aromatic heterocycles. The highest BCUT2D eigenvalue weighted by molar-refractivity contribution is 7.17. The van der Waals surface area contributed by atoms with Gasteiger partial charge in [0.25, 0.3) is 5.91 Å². The van der Waals surface area contributed by atoms with Gasteiger partial charge in [-0.15, -0.1) is 0 Å². The SMILES string of the molecule is CC(C)CCNC(=O)NC(NC(=O)c1cnc(N2CCNCC2)s1)c1nc2ncncc2[nH]1. The lowest BCUT2D eigenvalue weighted by molar-refractivity contribution is 0.0933. The Kier molecular flexibility index (Phi) is 7.29. The van der Waals surface area contributed by atoms with Crippen molar-refractivity contribution in [2.24, 2.45) is 5.92 Å². The molecule has 1 saturated heterocycles. The number of fused-ring (bicyclic) bond motifs is 1. The molecule has 5 N–H and O–H groups in total. The average molecular weight is 473 g/mol. The molecule has 0 bridgehead atoms. The average Bonchev–Trinajstić information content (AvgIpc) is 3.46. The molecule has 176 valence electrons. The number of carbonyl (C=O) groups excluding carboxylic acids is 2. The van der Waals surface area contributed by atoms with E-state index in [1.807, 2.05) is 0 Å². The Labute approximate surface area is 195 Å². The number of nitrogens with zero attached hydrogens (tertiary/aromatic N) is 5. The van der Waals surface area contributed by atoms with Crippen LogP contribution < -0.4 is 26.2 Å². The van der Waals surface area contributed by atoms with Crippen LogP contribution in [0.15, 0.2) is 18.7 Å². The van der Waals surface area contributed by atoms with Gasteiger partial charge in [0.05, 0.1) is 12.4 Å². The second-order valence-corrected chi connectivity index (χ2v) is 9.12. The smallest absolute Gasteiger partial charge is 0.316 e. The van der Waals surface area contributed by atoms with E-state index >= 15 is 0 Å². The summed E-state index contributed by atoms with van der Waals surface area (Å²) in [5.41, 5.74) is 1.05. The predicted octanol–water partition coefficient (Wildman–Crippen LogP) is 0.993. The molecular formula is C20H28N10O2S. The summed E-state index contributed by atoms with van der Waals surface area (Å²) >= 11 is 1.32. The van der Waals surface area contributed by atoms with E-state index in [-0.39, 0.29) is 5.91 Å². The molecule has 12 nitrogen and oxygen atoms in total. The predicted molar refractivity (Wildman–Crippen MR) is 125 cm³/mol. The maximum atomic E-state index is 13.0. The number of thiazole rings is 1. The highest BCUT2D eigenvalue weighted by Crippen LogP contribution is 2.23. The highest BCUT2D eigenvalue weighted by atomic mass is 32.1. The number of hydrogen-bond acceptors (Lipinski definition) is 9. The van der Waals surface area contributed by atoms with Gasteiger partial charge < -0.3 is 31.2 Å². The van der Waals surface area contributed by atoms with Gasteiger partial charge in [-0.1, -0.05) is 25.2 Å². The molecule has 0 radical (unpaired) electrons. The second-order valence-electron chi connectivity index (χ2n) is 8.12. The molecule has 4 rings (SSSR count). The fraction of sp³-hybridized carbons (Fsp3) is 0.500. The number of carbonyl (C=O) groups is 2. The van der Waals surface area contributed by atoms with Crippen molar-refractivity contribution >= 4 is 39.6 Å². The largest absolute Gasteiger partial charge is 0.346 e. The summed E-state index contributed by atoms with van der Waals surface area (Å²) in [6.45, 7) is 8.15. The summed E-state index contributed by atoms with van der Waals surface area (Å²) < 4.78 is 0. The Balaban J connectivity index is 1.48. The number of anilines is 1. The Bertz CT molecular complexity index is 1060. The van der Waals surface area contributed by atoms with Crippen molar-refractivity contribution in [1.82, 2.24) is 46.2 Å². The first kappa shape index (κ1) is 22.9. The minimum atomic E-state index is -0.893. The third kappa shape index (κ3) is 5.93. The van der Waals surface area contributed by atoms with Gasteiger partial charge >= 0.3 is 6.03 Å². The Morgan fingerprint density at radius 2 is 2.00 bits per heavy atom. The molecule has 1 aliphatic heterocycles. The van der Waals surface area contributed by atoms with Crippen LogP contribution in [-0.2, 0) is 0 Å². The van der Waals surface area contributed by atoms with Crippen molar-refractivity contribution in [2.75, 3.05) is 37.6 Å². The van der Waals surface area contributed by atoms with Crippen LogP contribution in [0.2, 0.25) is 0 Å². The number of H-pyrrole nitrogens is 1. The molecule has 4 heterocycles. The summed E-state index contributed by atoms with van der Waals surface area (Å²) in [4.78, 5) is 48.1. The lowest BCUT2D eigenvalue weighted by Gasteiger charge is -2.26. The molecule has 1 unspecified atom stereocenters. The lowest BCUT2D eigenvalue weighted by Crippen LogP contribution is -2.46. The number of hydrogen-bond donors (Lipinski definition) is 5. The highest BCUT2D eigenvalue weighted by Gasteiger charge is 2.24. The Hall–Kier alpha value is -3.32. The normalized spacial score (nSPS) is 14.9. The number of imidazole rings is 1. The zero-order valence-electron chi connectivity index (χ0n) is 18.6. The summed E-state index contributed by atoms with van der Waals surface area (Å²) in [5, 5.41) is 12.5. The second kappa shape index (κ2) is 10.5. The van der Waals surface area contributed by atoms with Crippen LogP contribution in [0.3, 0.4) is 0 Å². The molecule has 0 aromatic carbocycles. The van der Waals surface area contributed by atoms with Crippen LogP contribution in [0.1, 0.15) is 41.9 Å². The van der Waals surface area contributed by atoms with E-state index in [1.165, 1.54) is 17.7 Å². The number of urea groups is 1. The Morgan fingerprint density at radius 3 is 2.76 bits per heavy atom. The topological polar surface area (TPSA) is 153 Å². The van der Waals surface area contributed by atoms with Crippen molar-refractivity contribution in [3.05, 3.63) is 29.4 Å². The lowest BCUT2D eigenvalue weighted by atomic mass is 10.1. The number of aromatic amines is 1. The van der Waals surface area contributed by atoms with Crippen LogP contribution in [0, 0.1) is 5.92 Å². The summed E-state index contributed by atoms with van der Waals surface area (Å²) in [6.07, 6.45) is 4.49. The van der Waals surface area contributed by atoms with Crippen molar-refractivity contribution in [3.63, 3.8) is 0 Å². The van der Waals surface area contributed by atoms with Gasteiger partial charge in [-0.25, -0.2) is 24.7 Å². The molecule has 0 spiro atoms. The molecule has 1 atom stereocenters. The molecule has 0 aliphatic carbocycles. The Morgan fingerprint density at radius 1 is 1.18 bits per heavy atom. The maximum absolute atomic E-state index is 13.0. The zero-order valence-corrected chi connectivity index (χ0v) is 19.4. The number of aromatic nitrogens is 5. The van der Waals surface area contributed by atoms with Gasteiger partial charge in [-0.3, -0.25) is 4.79 Å². The fourth-order valence-corrected chi connectivity index (χ4v) is 4.19. The number of rotatable bonds is 8. The quantitative estimate of drug-likeness (QED) is 0.304. The summed E-state index contributed by atoms with van der Waals surface area (Å²) in [7, 11) is 0. The van der Waals surface area contributed by atoms with E-state index in [1.54, 1.807) is 12.4 Å². The first-order chi connectivity index (χ1) is 16.0. The van der Waals surface area contributed by atoms with Crippen LogP contribution in [0.25, 0.3) is 11.2 Å². The van der Waals surface area contributed by atoms with Gasteiger partial charge in [0.1, 0.15) is 16.7 Å². The minimum absolute atomic E-state index is 0.352. The first-order valence-corrected chi connectivity index (χ1v) is 11.7. The minimum Gasteiger partial charge on any atom is -0.346 e. The summed E-state index contributed by atoms with van der Waals surface area (Å²) in [6, 6.07) is -0.404. The van der Waals surface area contributed by atoms with Crippen LogP contribution in [-0.4, -0.2) is 69.6 Å². The van der Waals surface area contributed by atoms with E-state index in [4.69, 9.17) is 0 Å². The summed E-state index contributed by atoms with van der Waals surface area (Å²) in [5.74, 6) is 0.462. The van der Waals surface area contributed by atoms with E-state index in [2.05, 4.69) is 64.9 Å². The van der Waals surface area contributed by atoms with Gasteiger partial charge in [0.2, 0.25) is 0 Å². The molecule has 0 saturated carbocycles. The van der Waals surface area contributed by atoms with Gasteiger partial charge in [0, 0.05) is 32.7 Å². The van der Waals surface area contributed by atoms with Crippen molar-refractivity contribution in [1.29, 1.82) is 0 Å². The van der Waals surface area contributed by atoms with Crippen molar-refractivity contribution in [3.8, 4) is 0 Å². The van der Waals surface area contributed by atoms with Gasteiger partial charge in [0.15, 0.2) is 22.8 Å². The molecular weight excluding hydrogens is 444 g/mol. The molecule has 33 heavy (non-hydrogen) atoms. The maximum Gasteiger partial charge on any atom is 0.316 e. The number of nitrogens with one attached hydrogen (secondary N) is 5. The monoisotopic (exact) mass is 472 g/mol. The zero-order chi connectivity index (χ0) is 23.2. The van der Waals surface area contributed by atoms with E-state index in [0.717, 1.165) is 37.7 Å². The molecule has 13 heteroatoms. The van der Waals surface area contributed by atoms with Crippen LogP contribution in [0.5, 0.6) is 0 Å². The van der Waals surface area contributed by atoms with Crippen LogP contribution >= 0.6 is 11.3 Å². The van der Waals surface area contributed by atoms with Gasteiger partial charge in [-0.2, -0.15) is 0 Å². The third-order valence-electron chi connectivity index (χ3n) is 5.12. The van der Waals surface area contributed by atoms with E-state index in [9.17, 15) is 9.59 Å². The van der Waals surface area contributed by atoms with E-state index in [0.29, 0.717) is 34.3 Å². The molecule has 3 aromatic rings. The van der Waals surface area contributed by atoms with Gasteiger partial charge in [-0.05, 0) is 12.3 Å². The standard InChI is InChI=1S/C20H28N10O2S/c1-12(2)3-4-23-19(32)29-17(16-26-13-9-22-11-25-15(13)27-16)28-18(31)14-10-24-20(33-14)30-7-5-21-6-8-30/h9-12,17,21H,3-8H2,1-2H3,(H,28,31)(H2,23,29,32)(H,22,25,26,27). The van der Waals surface area contributed by atoms with Crippen molar-refractivity contribution in [2.45, 2.75) is 26.4 Å². The number of amides is 3.